The number of ether oxygens (including phenoxy) is 3. The highest BCUT2D eigenvalue weighted by atomic mass is 16.6. The zero-order valence-corrected chi connectivity index (χ0v) is 17.3. The van der Waals surface area contributed by atoms with Crippen LogP contribution in [-0.4, -0.2) is 56.1 Å². The molecule has 0 N–H and O–H groups in total. The van der Waals surface area contributed by atoms with E-state index in [9.17, 15) is 19.7 Å². The van der Waals surface area contributed by atoms with E-state index in [1.165, 1.54) is 30.0 Å². The summed E-state index contributed by atoms with van der Waals surface area (Å²) in [6.45, 7) is 1.53. The van der Waals surface area contributed by atoms with Crippen LogP contribution in [0.4, 0.5) is 5.69 Å². The van der Waals surface area contributed by atoms with Gasteiger partial charge in [-0.2, -0.15) is 0 Å². The minimum Gasteiger partial charge on any atom is -0.493 e. The minimum absolute atomic E-state index is 0.0856. The van der Waals surface area contributed by atoms with Gasteiger partial charge < -0.3 is 19.1 Å². The van der Waals surface area contributed by atoms with Gasteiger partial charge in [-0.25, -0.2) is 4.79 Å². The molecular weight excluding hydrogens is 392 g/mol. The standard InChI is InChI=1S/C21H24N2O7/c1-14-11-16(6-7-17(14)23(26)27)21(25)30-13-20(24)22(2)10-9-15-5-8-18(28-3)19(12-15)29-4/h5-8,11-12H,9-10,13H2,1-4H3. The van der Waals surface area contributed by atoms with Crippen LogP contribution in [0.5, 0.6) is 11.5 Å². The molecule has 0 aliphatic heterocycles. The number of likely N-dealkylation sites (N-methyl/N-ethyl adjacent to an activating group) is 1. The molecule has 0 fully saturated rings. The van der Waals surface area contributed by atoms with E-state index in [0.717, 1.165) is 5.56 Å². The minimum atomic E-state index is -0.713. The summed E-state index contributed by atoms with van der Waals surface area (Å²) in [7, 11) is 4.73. The summed E-state index contributed by atoms with van der Waals surface area (Å²) >= 11 is 0. The number of benzene rings is 2. The molecule has 0 atom stereocenters. The molecule has 0 bridgehead atoms. The van der Waals surface area contributed by atoms with E-state index in [-0.39, 0.29) is 17.2 Å². The number of amides is 1. The van der Waals surface area contributed by atoms with E-state index >= 15 is 0 Å². The van der Waals surface area contributed by atoms with Gasteiger partial charge in [0.1, 0.15) is 0 Å². The van der Waals surface area contributed by atoms with Gasteiger partial charge in [0.05, 0.1) is 24.7 Å². The van der Waals surface area contributed by atoms with E-state index in [2.05, 4.69) is 0 Å². The number of nitro groups is 1. The molecule has 0 saturated heterocycles. The Balaban J connectivity index is 1.88. The molecule has 1 amide bonds. The maximum Gasteiger partial charge on any atom is 0.338 e. The van der Waals surface area contributed by atoms with Crippen molar-refractivity contribution in [2.24, 2.45) is 0 Å². The van der Waals surface area contributed by atoms with Crippen molar-refractivity contribution < 1.29 is 28.7 Å². The van der Waals surface area contributed by atoms with Crippen molar-refractivity contribution in [3.05, 3.63) is 63.2 Å². The van der Waals surface area contributed by atoms with Gasteiger partial charge in [-0.3, -0.25) is 14.9 Å². The van der Waals surface area contributed by atoms with Gasteiger partial charge in [0.2, 0.25) is 0 Å². The van der Waals surface area contributed by atoms with Crippen LogP contribution in [0.25, 0.3) is 0 Å². The van der Waals surface area contributed by atoms with Crippen molar-refractivity contribution >= 4 is 17.6 Å². The second-order valence-corrected chi connectivity index (χ2v) is 6.59. The van der Waals surface area contributed by atoms with Crippen molar-refractivity contribution in [2.45, 2.75) is 13.3 Å². The monoisotopic (exact) mass is 416 g/mol. The normalized spacial score (nSPS) is 10.3. The van der Waals surface area contributed by atoms with Crippen LogP contribution in [0.3, 0.4) is 0 Å². The Bertz CT molecular complexity index is 943. The van der Waals surface area contributed by atoms with Crippen LogP contribution in [0.15, 0.2) is 36.4 Å². The van der Waals surface area contributed by atoms with Gasteiger partial charge in [0.25, 0.3) is 11.6 Å². The van der Waals surface area contributed by atoms with E-state index < -0.39 is 17.5 Å². The van der Waals surface area contributed by atoms with E-state index in [4.69, 9.17) is 14.2 Å². The van der Waals surface area contributed by atoms with E-state index in [1.807, 2.05) is 12.1 Å². The maximum atomic E-state index is 12.2. The number of carbonyl (C=O) groups excluding carboxylic acids is 2. The van der Waals surface area contributed by atoms with Gasteiger partial charge in [0.15, 0.2) is 18.1 Å². The molecule has 2 rings (SSSR count). The fraction of sp³-hybridized carbons (Fsp3) is 0.333. The highest BCUT2D eigenvalue weighted by Gasteiger charge is 2.17. The molecule has 0 unspecified atom stereocenters. The van der Waals surface area contributed by atoms with Gasteiger partial charge in [-0.15, -0.1) is 0 Å². The SMILES string of the molecule is COc1ccc(CCN(C)C(=O)COC(=O)c2ccc([N+](=O)[O-])c(C)c2)cc1OC. The van der Waals surface area contributed by atoms with Crippen LogP contribution >= 0.6 is 0 Å². The predicted molar refractivity (Wildman–Crippen MR) is 109 cm³/mol. The Morgan fingerprint density at radius 1 is 1.07 bits per heavy atom. The van der Waals surface area contributed by atoms with E-state index in [0.29, 0.717) is 30.0 Å². The summed E-state index contributed by atoms with van der Waals surface area (Å²) in [5, 5.41) is 10.9. The first-order valence-corrected chi connectivity index (χ1v) is 9.13. The molecule has 0 aromatic heterocycles. The molecule has 0 aliphatic carbocycles. The summed E-state index contributed by atoms with van der Waals surface area (Å²) < 4.78 is 15.5. The first kappa shape index (κ1) is 22.7. The van der Waals surface area contributed by atoms with Crippen molar-refractivity contribution in [1.29, 1.82) is 0 Å². The fourth-order valence-corrected chi connectivity index (χ4v) is 2.77. The summed E-state index contributed by atoms with van der Waals surface area (Å²) in [5.74, 6) is 0.160. The highest BCUT2D eigenvalue weighted by molar-refractivity contribution is 5.91. The third kappa shape index (κ3) is 5.69. The predicted octanol–water partition coefficient (Wildman–Crippen LogP) is 2.78. The third-order valence-electron chi connectivity index (χ3n) is 4.57. The lowest BCUT2D eigenvalue weighted by Crippen LogP contribution is -2.32. The zero-order chi connectivity index (χ0) is 22.3. The van der Waals surface area contributed by atoms with Crippen LogP contribution in [0.1, 0.15) is 21.5 Å². The maximum absolute atomic E-state index is 12.2. The molecule has 2 aromatic carbocycles. The number of nitro benzene ring substituents is 1. The molecule has 160 valence electrons. The highest BCUT2D eigenvalue weighted by Crippen LogP contribution is 2.27. The topological polar surface area (TPSA) is 108 Å². The first-order chi connectivity index (χ1) is 14.3. The number of carbonyl (C=O) groups is 2. The number of methoxy groups -OCH3 is 2. The number of rotatable bonds is 9. The van der Waals surface area contributed by atoms with E-state index in [1.54, 1.807) is 27.3 Å². The average molecular weight is 416 g/mol. The quantitative estimate of drug-likeness (QED) is 0.351. The second-order valence-electron chi connectivity index (χ2n) is 6.59. The molecule has 2 aromatic rings. The molecule has 0 aliphatic rings. The molecule has 30 heavy (non-hydrogen) atoms. The molecule has 0 radical (unpaired) electrons. The smallest absolute Gasteiger partial charge is 0.338 e. The van der Waals surface area contributed by atoms with Crippen molar-refractivity contribution in [1.82, 2.24) is 4.90 Å². The fourth-order valence-electron chi connectivity index (χ4n) is 2.77. The number of hydrogen-bond donors (Lipinski definition) is 0. The molecule has 0 heterocycles. The molecule has 0 spiro atoms. The lowest BCUT2D eigenvalue weighted by Gasteiger charge is -2.17. The Kier molecular flexibility index (Phi) is 7.74. The van der Waals surface area contributed by atoms with Crippen molar-refractivity contribution in [3.8, 4) is 11.5 Å². The summed E-state index contributed by atoms with van der Waals surface area (Å²) in [4.78, 5) is 36.2. The molecule has 0 saturated carbocycles. The van der Waals surface area contributed by atoms with Gasteiger partial charge in [-0.05, 0) is 43.2 Å². The van der Waals surface area contributed by atoms with Gasteiger partial charge in [0, 0.05) is 25.2 Å². The summed E-state index contributed by atoms with van der Waals surface area (Å²) in [6, 6.07) is 9.43. The number of esters is 1. The lowest BCUT2D eigenvalue weighted by atomic mass is 10.1. The Hall–Kier alpha value is -3.62. The van der Waals surface area contributed by atoms with Gasteiger partial charge >= 0.3 is 5.97 Å². The van der Waals surface area contributed by atoms with Crippen LogP contribution in [-0.2, 0) is 16.0 Å². The first-order valence-electron chi connectivity index (χ1n) is 9.13. The second kappa shape index (κ2) is 10.2. The largest absolute Gasteiger partial charge is 0.493 e. The molecular formula is C21H24N2O7. The molecule has 9 nitrogen and oxygen atoms in total. The average Bonchev–Trinajstić information content (AvgIpc) is 2.74. The summed E-state index contributed by atoms with van der Waals surface area (Å²) in [5.41, 5.74) is 1.37. The number of hydrogen-bond acceptors (Lipinski definition) is 7. The van der Waals surface area contributed by atoms with Crippen molar-refractivity contribution in [3.63, 3.8) is 0 Å². The third-order valence-corrected chi connectivity index (χ3v) is 4.57. The Morgan fingerprint density at radius 3 is 2.37 bits per heavy atom. The van der Waals surface area contributed by atoms with Crippen LogP contribution in [0, 0.1) is 17.0 Å². The van der Waals surface area contributed by atoms with Crippen LogP contribution < -0.4 is 9.47 Å². The lowest BCUT2D eigenvalue weighted by molar-refractivity contribution is -0.385. The Morgan fingerprint density at radius 2 is 1.77 bits per heavy atom. The Labute approximate surface area is 174 Å². The van der Waals surface area contributed by atoms with Gasteiger partial charge in [-0.1, -0.05) is 6.07 Å². The zero-order valence-electron chi connectivity index (χ0n) is 17.3. The summed E-state index contributed by atoms with van der Waals surface area (Å²) in [6.07, 6.45) is 0.581. The molecule has 9 heteroatoms. The van der Waals surface area contributed by atoms with Crippen LogP contribution in [0.2, 0.25) is 0 Å². The van der Waals surface area contributed by atoms with Crippen molar-refractivity contribution in [2.75, 3.05) is 34.4 Å². The number of aryl methyl sites for hydroxylation is 1. The number of nitrogens with zero attached hydrogens (tertiary/aromatic N) is 2.